The molecule has 0 saturated heterocycles. The number of anilines is 1. The van der Waals surface area contributed by atoms with Gasteiger partial charge in [-0.3, -0.25) is 0 Å². The van der Waals surface area contributed by atoms with Gasteiger partial charge in [0.2, 0.25) is 0 Å². The van der Waals surface area contributed by atoms with Crippen molar-refractivity contribution < 1.29 is 4.74 Å². The molecule has 0 bridgehead atoms. The molecule has 0 aliphatic heterocycles. The van der Waals surface area contributed by atoms with Crippen molar-refractivity contribution in [2.75, 3.05) is 32.8 Å². The van der Waals surface area contributed by atoms with E-state index in [1.807, 2.05) is 7.05 Å². The van der Waals surface area contributed by atoms with Gasteiger partial charge in [-0.2, -0.15) is 0 Å². The van der Waals surface area contributed by atoms with E-state index in [0.29, 0.717) is 0 Å². The van der Waals surface area contributed by atoms with Crippen LogP contribution in [0.5, 0.6) is 5.75 Å². The predicted molar refractivity (Wildman–Crippen MR) is 64.8 cm³/mol. The fourth-order valence-electron chi connectivity index (χ4n) is 1.88. The molecule has 1 aromatic rings. The number of nitrogens with one attached hydrogen (secondary N) is 1. The van der Waals surface area contributed by atoms with Gasteiger partial charge in [-0.05, 0) is 38.1 Å². The fourth-order valence-corrected chi connectivity index (χ4v) is 1.88. The number of ether oxygens (including phenoxy) is 1. The monoisotopic (exact) mass is 208 g/mol. The zero-order chi connectivity index (χ0) is 11.4. The largest absolute Gasteiger partial charge is 0.495 e. The maximum Gasteiger partial charge on any atom is 0.142 e. The van der Waals surface area contributed by atoms with Crippen molar-refractivity contribution in [2.24, 2.45) is 0 Å². The van der Waals surface area contributed by atoms with Gasteiger partial charge in [0.1, 0.15) is 5.75 Å². The number of aryl methyl sites for hydroxylation is 2. The Kier molecular flexibility index (Phi) is 3.97. The van der Waals surface area contributed by atoms with E-state index in [-0.39, 0.29) is 0 Å². The molecule has 0 aliphatic rings. The molecule has 0 atom stereocenters. The van der Waals surface area contributed by atoms with Crippen molar-refractivity contribution in [1.82, 2.24) is 5.32 Å². The number of hydrogen-bond acceptors (Lipinski definition) is 3. The molecule has 1 rings (SSSR count). The summed E-state index contributed by atoms with van der Waals surface area (Å²) in [7, 11) is 5.70. The van der Waals surface area contributed by atoms with E-state index in [0.717, 1.165) is 18.1 Å². The Morgan fingerprint density at radius 3 is 2.53 bits per heavy atom. The van der Waals surface area contributed by atoms with E-state index in [4.69, 9.17) is 4.74 Å². The lowest BCUT2D eigenvalue weighted by Gasteiger charge is -2.23. The van der Waals surface area contributed by atoms with Crippen LogP contribution in [0.1, 0.15) is 11.1 Å². The van der Waals surface area contributed by atoms with Crippen LogP contribution in [0.25, 0.3) is 0 Å². The normalized spacial score (nSPS) is 10.2. The molecule has 84 valence electrons. The van der Waals surface area contributed by atoms with Gasteiger partial charge in [-0.15, -0.1) is 0 Å². The molecule has 0 heterocycles. The highest BCUT2D eigenvalue weighted by molar-refractivity contribution is 5.64. The molecule has 0 radical (unpaired) electrons. The number of methoxy groups -OCH3 is 1. The zero-order valence-electron chi connectivity index (χ0n) is 10.2. The average Bonchev–Trinajstić information content (AvgIpc) is 2.16. The smallest absolute Gasteiger partial charge is 0.142 e. The molecule has 3 nitrogen and oxygen atoms in total. The topological polar surface area (TPSA) is 24.5 Å². The van der Waals surface area contributed by atoms with Gasteiger partial charge in [-0.25, -0.2) is 0 Å². The van der Waals surface area contributed by atoms with Crippen molar-refractivity contribution in [3.8, 4) is 5.75 Å². The van der Waals surface area contributed by atoms with Gasteiger partial charge in [0.15, 0.2) is 0 Å². The summed E-state index contributed by atoms with van der Waals surface area (Å²) in [6.07, 6.45) is 0. The third kappa shape index (κ3) is 2.63. The standard InChI is InChI=1S/C12H20N2O/c1-9-6-10(2)12(11(7-9)15-5)14(4)8-13-3/h6-7,13H,8H2,1-5H3. The third-order valence-corrected chi connectivity index (χ3v) is 2.41. The third-order valence-electron chi connectivity index (χ3n) is 2.41. The highest BCUT2D eigenvalue weighted by Gasteiger charge is 2.11. The molecular weight excluding hydrogens is 188 g/mol. The highest BCUT2D eigenvalue weighted by atomic mass is 16.5. The fraction of sp³-hybridized carbons (Fsp3) is 0.500. The Hall–Kier alpha value is -1.22. The van der Waals surface area contributed by atoms with Crippen LogP contribution in [0, 0.1) is 13.8 Å². The van der Waals surface area contributed by atoms with Gasteiger partial charge >= 0.3 is 0 Å². The molecule has 15 heavy (non-hydrogen) atoms. The first-order valence-corrected chi connectivity index (χ1v) is 5.11. The summed E-state index contributed by atoms with van der Waals surface area (Å²) in [5.74, 6) is 0.935. The Morgan fingerprint density at radius 1 is 1.33 bits per heavy atom. The Bertz CT molecular complexity index is 337. The second kappa shape index (κ2) is 5.03. The van der Waals surface area contributed by atoms with Gasteiger partial charge in [-0.1, -0.05) is 6.07 Å². The van der Waals surface area contributed by atoms with Gasteiger partial charge in [0.25, 0.3) is 0 Å². The zero-order valence-corrected chi connectivity index (χ0v) is 10.2. The molecule has 1 aromatic carbocycles. The molecule has 0 saturated carbocycles. The maximum absolute atomic E-state index is 5.41. The maximum atomic E-state index is 5.41. The second-order valence-corrected chi connectivity index (χ2v) is 3.84. The van der Waals surface area contributed by atoms with Crippen molar-refractivity contribution in [3.63, 3.8) is 0 Å². The van der Waals surface area contributed by atoms with Crippen LogP contribution in [0.4, 0.5) is 5.69 Å². The Balaban J connectivity index is 3.14. The summed E-state index contributed by atoms with van der Waals surface area (Å²) in [6.45, 7) is 4.99. The molecular formula is C12H20N2O. The van der Waals surface area contributed by atoms with E-state index in [1.165, 1.54) is 11.1 Å². The van der Waals surface area contributed by atoms with Gasteiger partial charge in [0.05, 0.1) is 19.5 Å². The summed E-state index contributed by atoms with van der Waals surface area (Å²) in [6, 6.07) is 4.23. The number of hydrogen-bond donors (Lipinski definition) is 1. The molecule has 0 spiro atoms. The van der Waals surface area contributed by atoms with Gasteiger partial charge < -0.3 is 15.0 Å². The predicted octanol–water partition coefficient (Wildman–Crippen LogP) is 1.93. The van der Waals surface area contributed by atoms with Crippen LogP contribution in [-0.4, -0.2) is 27.9 Å². The minimum Gasteiger partial charge on any atom is -0.495 e. The second-order valence-electron chi connectivity index (χ2n) is 3.84. The molecule has 0 unspecified atom stereocenters. The summed E-state index contributed by atoms with van der Waals surface area (Å²) in [5, 5.41) is 3.13. The lowest BCUT2D eigenvalue weighted by molar-refractivity contribution is 0.414. The van der Waals surface area contributed by atoms with Crippen molar-refractivity contribution in [1.29, 1.82) is 0 Å². The number of rotatable bonds is 4. The molecule has 0 amide bonds. The summed E-state index contributed by atoms with van der Waals surface area (Å²) >= 11 is 0. The van der Waals surface area contributed by atoms with Crippen molar-refractivity contribution >= 4 is 5.69 Å². The van der Waals surface area contributed by atoms with E-state index in [1.54, 1.807) is 7.11 Å². The first-order valence-electron chi connectivity index (χ1n) is 5.11. The quantitative estimate of drug-likeness (QED) is 0.765. The SMILES string of the molecule is CNCN(C)c1c(C)cc(C)cc1OC. The lowest BCUT2D eigenvalue weighted by Crippen LogP contribution is -2.29. The van der Waals surface area contributed by atoms with Crippen LogP contribution in [-0.2, 0) is 0 Å². The van der Waals surface area contributed by atoms with Crippen LogP contribution in [0.2, 0.25) is 0 Å². The average molecular weight is 208 g/mol. The van der Waals surface area contributed by atoms with Crippen LogP contribution in [0.15, 0.2) is 12.1 Å². The minimum absolute atomic E-state index is 0.806. The molecule has 3 heteroatoms. The van der Waals surface area contributed by atoms with E-state index in [9.17, 15) is 0 Å². The number of nitrogens with zero attached hydrogens (tertiary/aromatic N) is 1. The highest BCUT2D eigenvalue weighted by Crippen LogP contribution is 2.32. The first kappa shape index (κ1) is 11.9. The number of benzene rings is 1. The van der Waals surface area contributed by atoms with Crippen LogP contribution in [0.3, 0.4) is 0 Å². The van der Waals surface area contributed by atoms with Crippen LogP contribution >= 0.6 is 0 Å². The molecule has 1 N–H and O–H groups in total. The van der Waals surface area contributed by atoms with Crippen molar-refractivity contribution in [2.45, 2.75) is 13.8 Å². The Labute approximate surface area is 92.0 Å². The summed E-state index contributed by atoms with van der Waals surface area (Å²) in [5.41, 5.74) is 3.62. The molecule has 0 aliphatic carbocycles. The van der Waals surface area contributed by atoms with Gasteiger partial charge in [0, 0.05) is 7.05 Å². The van der Waals surface area contributed by atoms with Crippen molar-refractivity contribution in [3.05, 3.63) is 23.3 Å². The lowest BCUT2D eigenvalue weighted by atomic mass is 10.1. The Morgan fingerprint density at radius 2 is 2.00 bits per heavy atom. The van der Waals surface area contributed by atoms with E-state index in [2.05, 4.69) is 43.2 Å². The van der Waals surface area contributed by atoms with Crippen LogP contribution < -0.4 is 15.0 Å². The first-order chi connectivity index (χ1) is 7.10. The van der Waals surface area contributed by atoms with E-state index < -0.39 is 0 Å². The minimum atomic E-state index is 0.806. The summed E-state index contributed by atoms with van der Waals surface area (Å²) in [4.78, 5) is 2.15. The van der Waals surface area contributed by atoms with E-state index >= 15 is 0 Å². The summed E-state index contributed by atoms with van der Waals surface area (Å²) < 4.78 is 5.41. The molecule has 0 aromatic heterocycles. The molecule has 0 fully saturated rings.